The van der Waals surface area contributed by atoms with Crippen LogP contribution in [0.1, 0.15) is 12.5 Å². The van der Waals surface area contributed by atoms with E-state index >= 15 is 0 Å². The average Bonchev–Trinajstić information content (AvgIpc) is 2.85. The second kappa shape index (κ2) is 14.7. The first-order chi connectivity index (χ1) is 15.7. The van der Waals surface area contributed by atoms with Crippen molar-refractivity contribution < 1.29 is 9.47 Å². The fourth-order valence-corrected chi connectivity index (χ4v) is 3.63. The van der Waals surface area contributed by atoms with Crippen LogP contribution in [0.5, 0.6) is 11.5 Å². The van der Waals surface area contributed by atoms with Gasteiger partial charge in [0.15, 0.2) is 17.5 Å². The maximum Gasteiger partial charge on any atom is 0.225 e. The number of benzene rings is 1. The molecule has 2 aromatic rings. The molecule has 0 bridgehead atoms. The van der Waals surface area contributed by atoms with E-state index in [1.54, 1.807) is 26.6 Å². The molecular weight excluding hydrogens is 533 g/mol. The van der Waals surface area contributed by atoms with Crippen molar-refractivity contribution in [3.05, 3.63) is 42.2 Å². The van der Waals surface area contributed by atoms with E-state index in [0.717, 1.165) is 82.2 Å². The number of piperazine rings is 1. The largest absolute Gasteiger partial charge is 0.493 e. The normalized spacial score (nSPS) is 14.4. The summed E-state index contributed by atoms with van der Waals surface area (Å²) >= 11 is 0. The van der Waals surface area contributed by atoms with Gasteiger partial charge in [0.2, 0.25) is 5.95 Å². The highest BCUT2D eigenvalue weighted by Crippen LogP contribution is 2.27. The van der Waals surface area contributed by atoms with Crippen molar-refractivity contribution in [2.75, 3.05) is 71.5 Å². The minimum absolute atomic E-state index is 0. The van der Waals surface area contributed by atoms with Gasteiger partial charge >= 0.3 is 0 Å². The third-order valence-corrected chi connectivity index (χ3v) is 5.39. The van der Waals surface area contributed by atoms with Crippen LogP contribution in [0.25, 0.3) is 0 Å². The van der Waals surface area contributed by atoms with Crippen molar-refractivity contribution in [3.63, 3.8) is 0 Å². The van der Waals surface area contributed by atoms with Crippen LogP contribution in [-0.4, -0.2) is 87.4 Å². The molecule has 9 nitrogen and oxygen atoms in total. The first-order valence-electron chi connectivity index (χ1n) is 11.2. The molecule has 0 amide bonds. The number of ether oxygens (including phenoxy) is 2. The van der Waals surface area contributed by atoms with Gasteiger partial charge in [0.1, 0.15) is 0 Å². The Morgan fingerprint density at radius 1 is 1.03 bits per heavy atom. The molecule has 1 aliphatic heterocycles. The van der Waals surface area contributed by atoms with E-state index in [1.807, 2.05) is 18.2 Å². The fraction of sp³-hybridized carbons (Fsp3) is 0.522. The molecule has 1 saturated heterocycles. The third kappa shape index (κ3) is 8.50. The minimum atomic E-state index is 0. The number of halogens is 1. The Bertz CT molecular complexity index is 846. The molecule has 0 atom stereocenters. The first kappa shape index (κ1) is 26.9. The third-order valence-electron chi connectivity index (χ3n) is 5.39. The highest BCUT2D eigenvalue weighted by atomic mass is 127. The molecule has 2 heterocycles. The number of aromatic nitrogens is 2. The Hall–Kier alpha value is -2.34. The SMILES string of the molecule is CCNC(=NCCN1CCN(c2ncccn2)CC1)NCCc1ccc(OC)c(OC)c1.I. The lowest BCUT2D eigenvalue weighted by Gasteiger charge is -2.34. The van der Waals surface area contributed by atoms with Gasteiger partial charge < -0.3 is 25.0 Å². The standard InChI is InChI=1S/C23H35N7O2.HI/c1-4-24-22(25-11-8-19-6-7-20(31-2)21(18-19)32-3)26-12-13-29-14-16-30(17-15-29)23-27-9-5-10-28-23;/h5-7,9-10,18H,4,8,11-17H2,1-3H3,(H2,24,25,26);1H. The van der Waals surface area contributed by atoms with Crippen LogP contribution >= 0.6 is 24.0 Å². The molecule has 0 unspecified atom stereocenters. The van der Waals surface area contributed by atoms with Crippen molar-refractivity contribution in [2.24, 2.45) is 4.99 Å². The van der Waals surface area contributed by atoms with E-state index in [1.165, 1.54) is 5.56 Å². The second-order valence-corrected chi connectivity index (χ2v) is 7.50. The van der Waals surface area contributed by atoms with Gasteiger partial charge in [-0.15, -0.1) is 24.0 Å². The first-order valence-corrected chi connectivity index (χ1v) is 11.2. The Balaban J connectivity index is 0.00000385. The van der Waals surface area contributed by atoms with E-state index in [9.17, 15) is 0 Å². The van der Waals surface area contributed by atoms with Crippen molar-refractivity contribution in [2.45, 2.75) is 13.3 Å². The zero-order valence-corrected chi connectivity index (χ0v) is 22.1. The fourth-order valence-electron chi connectivity index (χ4n) is 3.63. The number of guanidine groups is 1. The molecule has 1 aromatic carbocycles. The second-order valence-electron chi connectivity index (χ2n) is 7.50. The quantitative estimate of drug-likeness (QED) is 0.256. The van der Waals surface area contributed by atoms with Gasteiger partial charge in [-0.05, 0) is 37.1 Å². The molecule has 182 valence electrons. The van der Waals surface area contributed by atoms with Crippen LogP contribution in [0.2, 0.25) is 0 Å². The molecule has 3 rings (SSSR count). The maximum absolute atomic E-state index is 5.39. The number of rotatable bonds is 10. The van der Waals surface area contributed by atoms with E-state index in [2.05, 4.69) is 43.4 Å². The Kier molecular flexibility index (Phi) is 12.0. The average molecular weight is 569 g/mol. The summed E-state index contributed by atoms with van der Waals surface area (Å²) in [5.74, 6) is 3.17. The molecule has 1 aromatic heterocycles. The summed E-state index contributed by atoms with van der Waals surface area (Å²) in [6, 6.07) is 7.87. The summed E-state index contributed by atoms with van der Waals surface area (Å²) in [6.07, 6.45) is 4.46. The van der Waals surface area contributed by atoms with E-state index in [-0.39, 0.29) is 24.0 Å². The van der Waals surface area contributed by atoms with Crippen molar-refractivity contribution >= 4 is 35.9 Å². The van der Waals surface area contributed by atoms with Crippen LogP contribution < -0.4 is 25.0 Å². The molecule has 33 heavy (non-hydrogen) atoms. The Morgan fingerprint density at radius 2 is 1.76 bits per heavy atom. The highest BCUT2D eigenvalue weighted by molar-refractivity contribution is 14.0. The topological polar surface area (TPSA) is 87.1 Å². The minimum Gasteiger partial charge on any atom is -0.493 e. The van der Waals surface area contributed by atoms with Crippen LogP contribution in [-0.2, 0) is 6.42 Å². The van der Waals surface area contributed by atoms with Gasteiger partial charge in [0, 0.05) is 58.2 Å². The van der Waals surface area contributed by atoms with Gasteiger partial charge in [-0.25, -0.2) is 9.97 Å². The monoisotopic (exact) mass is 569 g/mol. The summed E-state index contributed by atoms with van der Waals surface area (Å²) in [5.41, 5.74) is 1.19. The van der Waals surface area contributed by atoms with Crippen LogP contribution in [0.15, 0.2) is 41.7 Å². The Labute approximate surface area is 214 Å². The lowest BCUT2D eigenvalue weighted by atomic mass is 10.1. The molecule has 0 aliphatic carbocycles. The summed E-state index contributed by atoms with van der Waals surface area (Å²) < 4.78 is 10.7. The Morgan fingerprint density at radius 3 is 2.42 bits per heavy atom. The molecule has 0 spiro atoms. The molecule has 10 heteroatoms. The number of nitrogens with one attached hydrogen (secondary N) is 2. The zero-order chi connectivity index (χ0) is 22.6. The summed E-state index contributed by atoms with van der Waals surface area (Å²) in [4.78, 5) is 18.1. The molecule has 0 saturated carbocycles. The molecule has 1 aliphatic rings. The smallest absolute Gasteiger partial charge is 0.225 e. The number of methoxy groups -OCH3 is 2. The van der Waals surface area contributed by atoms with Gasteiger partial charge in [-0.1, -0.05) is 6.07 Å². The van der Waals surface area contributed by atoms with E-state index in [4.69, 9.17) is 14.5 Å². The van der Waals surface area contributed by atoms with Gasteiger partial charge in [0.25, 0.3) is 0 Å². The van der Waals surface area contributed by atoms with Gasteiger partial charge in [0.05, 0.1) is 20.8 Å². The lowest BCUT2D eigenvalue weighted by Crippen LogP contribution is -2.47. The highest BCUT2D eigenvalue weighted by Gasteiger charge is 2.18. The molecular formula is C23H36IN7O2. The predicted molar refractivity (Wildman–Crippen MR) is 143 cm³/mol. The number of nitrogens with zero attached hydrogens (tertiary/aromatic N) is 5. The summed E-state index contributed by atoms with van der Waals surface area (Å²) in [6.45, 7) is 9.28. The number of hydrogen-bond donors (Lipinski definition) is 2. The van der Waals surface area contributed by atoms with Crippen molar-refractivity contribution in [3.8, 4) is 11.5 Å². The zero-order valence-electron chi connectivity index (χ0n) is 19.8. The molecule has 2 N–H and O–H groups in total. The number of hydrogen-bond acceptors (Lipinski definition) is 7. The lowest BCUT2D eigenvalue weighted by molar-refractivity contribution is 0.263. The predicted octanol–water partition coefficient (Wildman–Crippen LogP) is 2.03. The van der Waals surface area contributed by atoms with E-state index < -0.39 is 0 Å². The van der Waals surface area contributed by atoms with E-state index in [0.29, 0.717) is 0 Å². The summed E-state index contributed by atoms with van der Waals surface area (Å²) in [5, 5.41) is 6.75. The van der Waals surface area contributed by atoms with Crippen LogP contribution in [0.3, 0.4) is 0 Å². The number of aliphatic imine (C=N–C) groups is 1. The van der Waals surface area contributed by atoms with Crippen LogP contribution in [0.4, 0.5) is 5.95 Å². The maximum atomic E-state index is 5.39. The number of anilines is 1. The van der Waals surface area contributed by atoms with Crippen LogP contribution in [0, 0.1) is 0 Å². The molecule has 0 radical (unpaired) electrons. The van der Waals surface area contributed by atoms with Gasteiger partial charge in [-0.2, -0.15) is 0 Å². The summed E-state index contributed by atoms with van der Waals surface area (Å²) in [7, 11) is 3.31. The van der Waals surface area contributed by atoms with Crippen molar-refractivity contribution in [1.29, 1.82) is 0 Å². The van der Waals surface area contributed by atoms with Crippen molar-refractivity contribution in [1.82, 2.24) is 25.5 Å². The molecule has 1 fully saturated rings. The van der Waals surface area contributed by atoms with Gasteiger partial charge in [-0.3, -0.25) is 9.89 Å².